The summed E-state index contributed by atoms with van der Waals surface area (Å²) in [5, 5.41) is 0. The average molecular weight is 162 g/mol. The monoisotopic (exact) mass is 161 g/mol. The summed E-state index contributed by atoms with van der Waals surface area (Å²) in [5.74, 6) is 0. The van der Waals surface area contributed by atoms with Gasteiger partial charge in [0.15, 0.2) is 0 Å². The van der Waals surface area contributed by atoms with Crippen molar-refractivity contribution in [2.75, 3.05) is 0 Å². The first kappa shape index (κ1) is 7.69. The number of rotatable bonds is 2. The highest BCUT2D eigenvalue weighted by Gasteiger charge is 2.31. The van der Waals surface area contributed by atoms with Crippen molar-refractivity contribution in [3.63, 3.8) is 0 Å². The summed E-state index contributed by atoms with van der Waals surface area (Å²) < 4.78 is 1.29. The molecular weight excluding hydrogens is 154 g/mol. The van der Waals surface area contributed by atoms with E-state index in [0.29, 0.717) is 12.8 Å². The van der Waals surface area contributed by atoms with Gasteiger partial charge in [-0.05, 0) is 24.6 Å². The lowest BCUT2D eigenvalue weighted by atomic mass is 10.2. The van der Waals surface area contributed by atoms with Crippen molar-refractivity contribution in [3.8, 4) is 0 Å². The Bertz CT molecular complexity index is 135. The molecule has 0 spiro atoms. The minimum absolute atomic E-state index is 0.267. The van der Waals surface area contributed by atoms with Gasteiger partial charge < -0.3 is 9.59 Å². The van der Waals surface area contributed by atoms with Gasteiger partial charge in [0, 0.05) is 0 Å². The van der Waals surface area contributed by atoms with E-state index in [2.05, 4.69) is 0 Å². The molecule has 1 aliphatic heterocycles. The number of carbonyl (C=O) groups excluding carboxylic acids is 2. The fraction of sp³-hybridized carbons (Fsp3) is 0.667. The van der Waals surface area contributed by atoms with Crippen LogP contribution in [0.1, 0.15) is 12.8 Å². The van der Waals surface area contributed by atoms with Crippen LogP contribution in [-0.4, -0.2) is 29.1 Å². The average Bonchev–Trinajstić information content (AvgIpc) is 2.30. The van der Waals surface area contributed by atoms with E-state index in [9.17, 15) is 9.59 Å². The number of carbonyl (C=O) groups is 2. The van der Waals surface area contributed by atoms with Gasteiger partial charge >= 0.3 is 0 Å². The standard InChI is InChI=1S/C6H8ClNO2/c7-8-5(3-9)1-2-6(8)4-10/h3-6H,1-2H2. The summed E-state index contributed by atoms with van der Waals surface area (Å²) in [5.41, 5.74) is 0. The molecular formula is C6H8ClNO2. The van der Waals surface area contributed by atoms with E-state index in [0.717, 1.165) is 12.6 Å². The molecule has 10 heavy (non-hydrogen) atoms. The van der Waals surface area contributed by atoms with Crippen LogP contribution in [0.4, 0.5) is 0 Å². The molecule has 1 aliphatic rings. The molecule has 0 N–H and O–H groups in total. The third kappa shape index (κ3) is 1.20. The molecule has 0 bridgehead atoms. The summed E-state index contributed by atoms with van der Waals surface area (Å²) in [7, 11) is 0. The van der Waals surface area contributed by atoms with Crippen molar-refractivity contribution < 1.29 is 9.59 Å². The van der Waals surface area contributed by atoms with Crippen LogP contribution in [0.2, 0.25) is 0 Å². The molecule has 0 aromatic carbocycles. The van der Waals surface area contributed by atoms with E-state index in [1.54, 1.807) is 0 Å². The molecule has 0 saturated carbocycles. The van der Waals surface area contributed by atoms with Crippen LogP contribution in [0.3, 0.4) is 0 Å². The lowest BCUT2D eigenvalue weighted by Crippen LogP contribution is -2.29. The van der Waals surface area contributed by atoms with Gasteiger partial charge in [0.05, 0.1) is 12.1 Å². The fourth-order valence-electron chi connectivity index (χ4n) is 1.09. The second kappa shape index (κ2) is 3.12. The quantitative estimate of drug-likeness (QED) is 0.434. The normalized spacial score (nSPS) is 34.1. The molecule has 0 amide bonds. The second-order valence-electron chi connectivity index (χ2n) is 2.33. The molecule has 0 radical (unpaired) electrons. The number of nitrogens with zero attached hydrogens (tertiary/aromatic N) is 1. The van der Waals surface area contributed by atoms with E-state index in [-0.39, 0.29) is 12.1 Å². The minimum Gasteiger partial charge on any atom is -0.302 e. The van der Waals surface area contributed by atoms with Crippen molar-refractivity contribution in [1.82, 2.24) is 4.42 Å². The predicted molar refractivity (Wildman–Crippen MR) is 36.6 cm³/mol. The number of hydrogen-bond donors (Lipinski definition) is 0. The second-order valence-corrected chi connectivity index (χ2v) is 2.72. The molecule has 2 unspecified atom stereocenters. The highest BCUT2D eigenvalue weighted by Crippen LogP contribution is 2.23. The van der Waals surface area contributed by atoms with Gasteiger partial charge in [-0.15, -0.1) is 0 Å². The summed E-state index contributed by atoms with van der Waals surface area (Å²) in [4.78, 5) is 20.5. The van der Waals surface area contributed by atoms with E-state index in [4.69, 9.17) is 11.8 Å². The van der Waals surface area contributed by atoms with E-state index in [1.165, 1.54) is 4.42 Å². The molecule has 1 heterocycles. The van der Waals surface area contributed by atoms with Gasteiger partial charge in [-0.2, -0.15) is 4.42 Å². The van der Waals surface area contributed by atoms with E-state index >= 15 is 0 Å². The lowest BCUT2D eigenvalue weighted by Gasteiger charge is -2.12. The summed E-state index contributed by atoms with van der Waals surface area (Å²) in [6.07, 6.45) is 2.93. The van der Waals surface area contributed by atoms with Crippen molar-refractivity contribution in [2.24, 2.45) is 0 Å². The third-order valence-corrected chi connectivity index (χ3v) is 2.21. The van der Waals surface area contributed by atoms with Gasteiger partial charge in [-0.3, -0.25) is 0 Å². The molecule has 1 saturated heterocycles. The Morgan fingerprint density at radius 2 is 1.60 bits per heavy atom. The maximum absolute atomic E-state index is 10.2. The minimum atomic E-state index is -0.267. The first-order valence-corrected chi connectivity index (χ1v) is 3.48. The molecule has 0 aromatic rings. The molecule has 4 heteroatoms. The van der Waals surface area contributed by atoms with Crippen molar-refractivity contribution in [3.05, 3.63) is 0 Å². The van der Waals surface area contributed by atoms with Crippen LogP contribution in [-0.2, 0) is 9.59 Å². The van der Waals surface area contributed by atoms with E-state index < -0.39 is 0 Å². The van der Waals surface area contributed by atoms with Crippen molar-refractivity contribution in [1.29, 1.82) is 0 Å². The summed E-state index contributed by atoms with van der Waals surface area (Å²) >= 11 is 5.62. The largest absolute Gasteiger partial charge is 0.302 e. The Balaban J connectivity index is 2.56. The zero-order valence-corrected chi connectivity index (χ0v) is 6.12. The molecule has 1 rings (SSSR count). The molecule has 0 aromatic heterocycles. The number of halogens is 1. The lowest BCUT2D eigenvalue weighted by molar-refractivity contribution is -0.112. The predicted octanol–water partition coefficient (Wildman–Crippen LogP) is 0.371. The number of hydrogen-bond acceptors (Lipinski definition) is 3. The van der Waals surface area contributed by atoms with E-state index in [1.807, 2.05) is 0 Å². The molecule has 56 valence electrons. The summed E-state index contributed by atoms with van der Waals surface area (Å²) in [6.45, 7) is 0. The van der Waals surface area contributed by atoms with Crippen LogP contribution < -0.4 is 0 Å². The van der Waals surface area contributed by atoms with Crippen molar-refractivity contribution >= 4 is 24.3 Å². The van der Waals surface area contributed by atoms with Crippen LogP contribution in [0.15, 0.2) is 0 Å². The zero-order valence-electron chi connectivity index (χ0n) is 5.37. The van der Waals surface area contributed by atoms with Gasteiger partial charge in [-0.25, -0.2) is 0 Å². The molecule has 2 atom stereocenters. The fourth-order valence-corrected chi connectivity index (χ4v) is 1.37. The maximum atomic E-state index is 10.2. The number of aldehydes is 2. The topological polar surface area (TPSA) is 37.4 Å². The molecule has 3 nitrogen and oxygen atoms in total. The summed E-state index contributed by atoms with van der Waals surface area (Å²) in [6, 6.07) is -0.534. The van der Waals surface area contributed by atoms with Crippen molar-refractivity contribution in [2.45, 2.75) is 24.9 Å². The van der Waals surface area contributed by atoms with Crippen LogP contribution in [0.25, 0.3) is 0 Å². The third-order valence-electron chi connectivity index (χ3n) is 1.71. The Morgan fingerprint density at radius 1 is 1.20 bits per heavy atom. The van der Waals surface area contributed by atoms with Crippen LogP contribution >= 0.6 is 11.8 Å². The SMILES string of the molecule is O=CC1CCC(C=O)N1Cl. The Labute approximate surface area is 64.1 Å². The van der Waals surface area contributed by atoms with Crippen LogP contribution in [0.5, 0.6) is 0 Å². The first-order valence-electron chi connectivity index (χ1n) is 3.14. The Kier molecular flexibility index (Phi) is 2.40. The van der Waals surface area contributed by atoms with Gasteiger partial charge in [0.1, 0.15) is 12.6 Å². The van der Waals surface area contributed by atoms with Gasteiger partial charge in [-0.1, -0.05) is 0 Å². The maximum Gasteiger partial charge on any atom is 0.138 e. The van der Waals surface area contributed by atoms with Crippen LogP contribution in [0, 0.1) is 0 Å². The highest BCUT2D eigenvalue weighted by atomic mass is 35.5. The molecule has 0 aliphatic carbocycles. The smallest absolute Gasteiger partial charge is 0.138 e. The molecule has 1 fully saturated rings. The first-order chi connectivity index (χ1) is 4.79. The zero-order chi connectivity index (χ0) is 7.56. The Hall–Kier alpha value is -0.410. The highest BCUT2D eigenvalue weighted by molar-refractivity contribution is 6.15. The Morgan fingerprint density at radius 3 is 1.80 bits per heavy atom. The van der Waals surface area contributed by atoms with Gasteiger partial charge in [0.25, 0.3) is 0 Å². The van der Waals surface area contributed by atoms with Gasteiger partial charge in [0.2, 0.25) is 0 Å².